The fourth-order valence-electron chi connectivity index (χ4n) is 4.85. The quantitative estimate of drug-likeness (QED) is 0.375. The SMILES string of the molecule is CCOC(=O)C1=C(N)N(c2cccc([N+](=O)[O-])c2)C2=C(C(=O)CC(C)(C)C2)[C@H]1c1ccc(F)cc1. The van der Waals surface area contributed by atoms with Crippen LogP contribution in [-0.4, -0.2) is 23.3 Å². The first kappa shape index (κ1) is 24.1. The third kappa shape index (κ3) is 4.41. The van der Waals surface area contributed by atoms with Crippen molar-refractivity contribution in [1.82, 2.24) is 0 Å². The Bertz CT molecular complexity index is 1280. The van der Waals surface area contributed by atoms with Gasteiger partial charge in [-0.05, 0) is 42.5 Å². The maximum atomic E-state index is 13.7. The summed E-state index contributed by atoms with van der Waals surface area (Å²) in [7, 11) is 0. The van der Waals surface area contributed by atoms with Crippen molar-refractivity contribution in [2.75, 3.05) is 11.5 Å². The number of nitrogens with zero attached hydrogens (tertiary/aromatic N) is 2. The van der Waals surface area contributed by atoms with Crippen LogP contribution in [0.25, 0.3) is 0 Å². The Hall–Kier alpha value is -4.01. The molecule has 0 fully saturated rings. The molecule has 182 valence electrons. The summed E-state index contributed by atoms with van der Waals surface area (Å²) in [6.45, 7) is 5.64. The first-order chi connectivity index (χ1) is 16.5. The van der Waals surface area contributed by atoms with Crippen molar-refractivity contribution in [3.8, 4) is 0 Å². The third-order valence-electron chi connectivity index (χ3n) is 6.26. The highest BCUT2D eigenvalue weighted by Gasteiger charge is 2.46. The minimum atomic E-state index is -0.858. The second-order valence-corrected chi connectivity index (χ2v) is 9.42. The van der Waals surface area contributed by atoms with Crippen molar-refractivity contribution in [2.24, 2.45) is 11.1 Å². The number of carbonyl (C=O) groups excluding carboxylic acids is 2. The molecule has 4 rings (SSSR count). The van der Waals surface area contributed by atoms with Gasteiger partial charge in [-0.25, -0.2) is 9.18 Å². The second kappa shape index (κ2) is 8.98. The average molecular weight is 480 g/mol. The van der Waals surface area contributed by atoms with Gasteiger partial charge in [0.1, 0.15) is 11.6 Å². The number of ether oxygens (including phenoxy) is 1. The highest BCUT2D eigenvalue weighted by Crippen LogP contribution is 2.50. The molecule has 0 bridgehead atoms. The van der Waals surface area contributed by atoms with Gasteiger partial charge in [0.05, 0.1) is 28.7 Å². The number of ketones is 1. The zero-order valence-electron chi connectivity index (χ0n) is 19.7. The summed E-state index contributed by atoms with van der Waals surface area (Å²) in [5, 5.41) is 11.5. The van der Waals surface area contributed by atoms with E-state index >= 15 is 0 Å². The van der Waals surface area contributed by atoms with Crippen LogP contribution >= 0.6 is 0 Å². The summed E-state index contributed by atoms with van der Waals surface area (Å²) >= 11 is 0. The molecule has 2 aliphatic rings. The predicted molar refractivity (Wildman–Crippen MR) is 128 cm³/mol. The number of hydrogen-bond donors (Lipinski definition) is 1. The molecular formula is C26H26FN3O5. The Kier molecular flexibility index (Phi) is 6.19. The van der Waals surface area contributed by atoms with E-state index in [0.29, 0.717) is 28.9 Å². The summed E-state index contributed by atoms with van der Waals surface area (Å²) in [6, 6.07) is 11.4. The Labute approximate surface area is 202 Å². The molecule has 2 aromatic rings. The van der Waals surface area contributed by atoms with Crippen molar-refractivity contribution in [2.45, 2.75) is 39.5 Å². The van der Waals surface area contributed by atoms with E-state index in [9.17, 15) is 24.1 Å². The minimum absolute atomic E-state index is 0.0162. The molecule has 0 unspecified atom stereocenters. The molecule has 2 N–H and O–H groups in total. The molecule has 1 atom stereocenters. The minimum Gasteiger partial charge on any atom is -0.463 e. The van der Waals surface area contributed by atoms with Crippen LogP contribution in [0, 0.1) is 21.3 Å². The maximum absolute atomic E-state index is 13.7. The molecule has 9 heteroatoms. The van der Waals surface area contributed by atoms with Gasteiger partial charge in [-0.3, -0.25) is 19.8 Å². The number of hydrogen-bond acceptors (Lipinski definition) is 7. The maximum Gasteiger partial charge on any atom is 0.338 e. The molecule has 0 amide bonds. The van der Waals surface area contributed by atoms with Gasteiger partial charge in [0.25, 0.3) is 5.69 Å². The number of non-ortho nitro benzene ring substituents is 1. The van der Waals surface area contributed by atoms with Crippen LogP contribution in [0.5, 0.6) is 0 Å². The van der Waals surface area contributed by atoms with Crippen molar-refractivity contribution < 1.29 is 23.6 Å². The largest absolute Gasteiger partial charge is 0.463 e. The fraction of sp³-hybridized carbons (Fsp3) is 0.308. The van der Waals surface area contributed by atoms with Crippen LogP contribution in [0.2, 0.25) is 0 Å². The van der Waals surface area contributed by atoms with Crippen LogP contribution in [0.1, 0.15) is 45.1 Å². The van der Waals surface area contributed by atoms with E-state index in [2.05, 4.69) is 0 Å². The number of nitrogens with two attached hydrogens (primary N) is 1. The first-order valence-corrected chi connectivity index (χ1v) is 11.3. The molecule has 0 spiro atoms. The van der Waals surface area contributed by atoms with Crippen LogP contribution in [0.15, 0.2) is 71.2 Å². The predicted octanol–water partition coefficient (Wildman–Crippen LogP) is 4.71. The van der Waals surface area contributed by atoms with Crippen LogP contribution < -0.4 is 10.6 Å². The number of Topliss-reactive ketones (excluding diaryl/α,β-unsaturated/α-hetero) is 1. The van der Waals surface area contributed by atoms with Crippen LogP contribution in [-0.2, 0) is 14.3 Å². The zero-order chi connectivity index (χ0) is 25.5. The summed E-state index contributed by atoms with van der Waals surface area (Å²) < 4.78 is 19.0. The summed E-state index contributed by atoms with van der Waals surface area (Å²) in [6.07, 6.45) is 0.674. The summed E-state index contributed by atoms with van der Waals surface area (Å²) in [5.74, 6) is -2.18. The van der Waals surface area contributed by atoms with E-state index in [0.717, 1.165) is 0 Å². The number of allylic oxidation sites excluding steroid dienone is 2. The standard InChI is InChI=1S/C26H26FN3O5/c1-4-35-25(32)23-21(15-8-10-16(27)11-9-15)22-19(13-26(2,3)14-20(22)31)29(24(23)28)17-6-5-7-18(12-17)30(33)34/h5-12,21H,4,13-14,28H2,1-3H3/t21-/m1/s1. The summed E-state index contributed by atoms with van der Waals surface area (Å²) in [4.78, 5) is 39.3. The lowest BCUT2D eigenvalue weighted by Crippen LogP contribution is -2.43. The molecule has 0 saturated heterocycles. The molecule has 1 aliphatic carbocycles. The molecule has 1 heterocycles. The Morgan fingerprint density at radius 2 is 1.91 bits per heavy atom. The van der Waals surface area contributed by atoms with E-state index in [1.165, 1.54) is 42.5 Å². The normalized spacial score (nSPS) is 19.5. The Morgan fingerprint density at radius 3 is 2.54 bits per heavy atom. The van der Waals surface area contributed by atoms with Crippen molar-refractivity contribution in [3.05, 3.63) is 92.7 Å². The van der Waals surface area contributed by atoms with E-state index in [4.69, 9.17) is 10.5 Å². The number of esters is 1. The van der Waals surface area contributed by atoms with Gasteiger partial charge in [0, 0.05) is 29.8 Å². The molecule has 2 aromatic carbocycles. The Morgan fingerprint density at radius 1 is 1.23 bits per heavy atom. The van der Waals surface area contributed by atoms with E-state index in [1.54, 1.807) is 17.9 Å². The van der Waals surface area contributed by atoms with Gasteiger partial charge < -0.3 is 10.5 Å². The monoisotopic (exact) mass is 479 g/mol. The smallest absolute Gasteiger partial charge is 0.338 e. The third-order valence-corrected chi connectivity index (χ3v) is 6.26. The Balaban J connectivity index is 2.03. The van der Waals surface area contributed by atoms with Gasteiger partial charge in [0.2, 0.25) is 0 Å². The second-order valence-electron chi connectivity index (χ2n) is 9.42. The van der Waals surface area contributed by atoms with Gasteiger partial charge in [-0.2, -0.15) is 0 Å². The number of rotatable bonds is 5. The van der Waals surface area contributed by atoms with Gasteiger partial charge in [0.15, 0.2) is 5.78 Å². The van der Waals surface area contributed by atoms with Gasteiger partial charge in [-0.15, -0.1) is 0 Å². The van der Waals surface area contributed by atoms with Crippen molar-refractivity contribution in [1.29, 1.82) is 0 Å². The molecule has 35 heavy (non-hydrogen) atoms. The number of halogens is 1. The highest BCUT2D eigenvalue weighted by molar-refractivity contribution is 6.05. The number of anilines is 1. The highest BCUT2D eigenvalue weighted by atomic mass is 19.1. The molecule has 8 nitrogen and oxygen atoms in total. The molecule has 1 aliphatic heterocycles. The number of nitro groups is 1. The van der Waals surface area contributed by atoms with Crippen molar-refractivity contribution in [3.63, 3.8) is 0 Å². The van der Waals surface area contributed by atoms with E-state index in [-0.39, 0.29) is 35.9 Å². The molecule has 0 aromatic heterocycles. The molecular weight excluding hydrogens is 453 g/mol. The topological polar surface area (TPSA) is 116 Å². The van der Waals surface area contributed by atoms with Crippen LogP contribution in [0.4, 0.5) is 15.8 Å². The van der Waals surface area contributed by atoms with E-state index in [1.807, 2.05) is 13.8 Å². The molecule has 0 saturated carbocycles. The van der Waals surface area contributed by atoms with Crippen LogP contribution in [0.3, 0.4) is 0 Å². The summed E-state index contributed by atoms with van der Waals surface area (Å²) in [5.41, 5.74) is 7.90. The lowest BCUT2D eigenvalue weighted by molar-refractivity contribution is -0.384. The van der Waals surface area contributed by atoms with E-state index < -0.39 is 28.0 Å². The number of nitro benzene ring substituents is 1. The number of carbonyl (C=O) groups is 2. The fourth-order valence-corrected chi connectivity index (χ4v) is 4.85. The average Bonchev–Trinajstić information content (AvgIpc) is 2.78. The van der Waals surface area contributed by atoms with Crippen molar-refractivity contribution >= 4 is 23.1 Å². The lowest BCUT2D eigenvalue weighted by Gasteiger charge is -2.44. The van der Waals surface area contributed by atoms with Gasteiger partial charge >= 0.3 is 5.97 Å². The zero-order valence-corrected chi connectivity index (χ0v) is 19.7. The first-order valence-electron chi connectivity index (χ1n) is 11.3. The number of benzene rings is 2. The van der Waals surface area contributed by atoms with Gasteiger partial charge in [-0.1, -0.05) is 32.0 Å². The lowest BCUT2D eigenvalue weighted by atomic mass is 9.68. The molecule has 0 radical (unpaired) electrons.